The number of rotatable bonds is 6. The smallest absolute Gasteiger partial charge is 0.0471 e. The summed E-state index contributed by atoms with van der Waals surface area (Å²) in [5.41, 5.74) is 0.463. The molecule has 2 heteroatoms. The zero-order chi connectivity index (χ0) is 12.0. The van der Waals surface area contributed by atoms with Crippen molar-refractivity contribution in [1.29, 1.82) is 0 Å². The molecule has 1 aliphatic rings. The van der Waals surface area contributed by atoms with E-state index in [0.29, 0.717) is 11.5 Å². The quantitative estimate of drug-likeness (QED) is 0.752. The molecule has 1 saturated heterocycles. The molecule has 0 amide bonds. The number of hydrogen-bond donors (Lipinski definition) is 1. The molecule has 1 atom stereocenters. The first-order valence-corrected chi connectivity index (χ1v) is 6.83. The molecule has 0 spiro atoms. The fourth-order valence-electron chi connectivity index (χ4n) is 2.15. The number of ether oxygens (including phenoxy) is 1. The molecule has 1 unspecified atom stereocenters. The Bertz CT molecular complexity index is 185. The van der Waals surface area contributed by atoms with Crippen molar-refractivity contribution in [3.8, 4) is 0 Å². The lowest BCUT2D eigenvalue weighted by molar-refractivity contribution is 0.0229. The molecular weight excluding hydrogens is 198 g/mol. The van der Waals surface area contributed by atoms with Crippen LogP contribution in [0.5, 0.6) is 0 Å². The van der Waals surface area contributed by atoms with Crippen LogP contribution in [0.1, 0.15) is 53.4 Å². The van der Waals surface area contributed by atoms with E-state index in [2.05, 4.69) is 33.0 Å². The molecule has 0 aromatic carbocycles. The summed E-state index contributed by atoms with van der Waals surface area (Å²) < 4.78 is 5.42. The highest BCUT2D eigenvalue weighted by Gasteiger charge is 2.27. The summed E-state index contributed by atoms with van der Waals surface area (Å²) in [5.74, 6) is 0.822. The maximum absolute atomic E-state index is 5.42. The summed E-state index contributed by atoms with van der Waals surface area (Å²) in [5, 5.41) is 3.69. The molecule has 1 rings (SSSR count). The van der Waals surface area contributed by atoms with Crippen molar-refractivity contribution < 1.29 is 4.74 Å². The molecule has 96 valence electrons. The van der Waals surface area contributed by atoms with Gasteiger partial charge in [0.2, 0.25) is 0 Å². The Balaban J connectivity index is 2.17. The largest absolute Gasteiger partial charge is 0.381 e. The van der Waals surface area contributed by atoms with E-state index in [1.54, 1.807) is 0 Å². The Morgan fingerprint density at radius 1 is 1.12 bits per heavy atom. The Hall–Kier alpha value is -0.0800. The van der Waals surface area contributed by atoms with Gasteiger partial charge in [0.05, 0.1) is 0 Å². The highest BCUT2D eigenvalue weighted by molar-refractivity contribution is 4.80. The molecule has 0 aliphatic carbocycles. The molecule has 16 heavy (non-hydrogen) atoms. The zero-order valence-corrected chi connectivity index (χ0v) is 11.5. The highest BCUT2D eigenvalue weighted by atomic mass is 16.5. The van der Waals surface area contributed by atoms with Crippen LogP contribution >= 0.6 is 0 Å². The highest BCUT2D eigenvalue weighted by Crippen LogP contribution is 2.28. The van der Waals surface area contributed by atoms with E-state index in [4.69, 9.17) is 4.74 Å². The van der Waals surface area contributed by atoms with E-state index >= 15 is 0 Å². The molecule has 1 aliphatic heterocycles. The summed E-state index contributed by atoms with van der Waals surface area (Å²) in [6, 6.07) is 0.655. The van der Waals surface area contributed by atoms with Crippen molar-refractivity contribution >= 4 is 0 Å². The molecule has 1 heterocycles. The maximum Gasteiger partial charge on any atom is 0.0471 e. The monoisotopic (exact) mass is 227 g/mol. The molecule has 1 N–H and O–H groups in total. The van der Waals surface area contributed by atoms with E-state index in [-0.39, 0.29) is 0 Å². The number of hydrogen-bond acceptors (Lipinski definition) is 2. The van der Waals surface area contributed by atoms with Crippen LogP contribution in [0.3, 0.4) is 0 Å². The zero-order valence-electron chi connectivity index (χ0n) is 11.5. The topological polar surface area (TPSA) is 21.3 Å². The minimum atomic E-state index is 0.463. The van der Waals surface area contributed by atoms with Crippen molar-refractivity contribution in [1.82, 2.24) is 5.32 Å². The first kappa shape index (κ1) is 14.0. The van der Waals surface area contributed by atoms with Crippen LogP contribution in [-0.4, -0.2) is 25.8 Å². The third-order valence-electron chi connectivity index (χ3n) is 3.75. The lowest BCUT2D eigenvalue weighted by Crippen LogP contribution is -2.40. The van der Waals surface area contributed by atoms with Crippen LogP contribution in [0, 0.1) is 11.3 Å². The Kier molecular flexibility index (Phi) is 5.77. The van der Waals surface area contributed by atoms with Crippen LogP contribution in [0.25, 0.3) is 0 Å². The van der Waals surface area contributed by atoms with Gasteiger partial charge in [-0.3, -0.25) is 0 Å². The molecular formula is C14H29NO. The van der Waals surface area contributed by atoms with Gasteiger partial charge in [-0.1, -0.05) is 20.8 Å². The van der Waals surface area contributed by atoms with Crippen LogP contribution < -0.4 is 5.32 Å². The van der Waals surface area contributed by atoms with Crippen LogP contribution in [0.15, 0.2) is 0 Å². The van der Waals surface area contributed by atoms with Crippen molar-refractivity contribution in [2.75, 3.05) is 19.8 Å². The van der Waals surface area contributed by atoms with Gasteiger partial charge < -0.3 is 10.1 Å². The molecule has 0 aromatic rings. The van der Waals surface area contributed by atoms with E-state index in [9.17, 15) is 0 Å². The second-order valence-electron chi connectivity index (χ2n) is 6.18. The molecule has 0 bridgehead atoms. The first-order valence-electron chi connectivity index (χ1n) is 6.83. The third kappa shape index (κ3) is 5.31. The maximum atomic E-state index is 5.42. The van der Waals surface area contributed by atoms with Gasteiger partial charge in [0.25, 0.3) is 0 Å². The summed E-state index contributed by atoms with van der Waals surface area (Å²) in [6.07, 6.45) is 5.03. The van der Waals surface area contributed by atoms with E-state index < -0.39 is 0 Å². The molecule has 0 radical (unpaired) electrons. The summed E-state index contributed by atoms with van der Waals surface area (Å²) in [4.78, 5) is 0. The second-order valence-corrected chi connectivity index (χ2v) is 6.18. The minimum absolute atomic E-state index is 0.463. The first-order chi connectivity index (χ1) is 7.52. The van der Waals surface area contributed by atoms with E-state index in [1.165, 1.54) is 25.7 Å². The van der Waals surface area contributed by atoms with Crippen LogP contribution in [0.4, 0.5) is 0 Å². The lowest BCUT2D eigenvalue weighted by atomic mass is 9.82. The second kappa shape index (κ2) is 6.61. The summed E-state index contributed by atoms with van der Waals surface area (Å²) in [6.45, 7) is 12.3. The van der Waals surface area contributed by atoms with E-state index in [0.717, 1.165) is 25.7 Å². The summed E-state index contributed by atoms with van der Waals surface area (Å²) >= 11 is 0. The lowest BCUT2D eigenvalue weighted by Gasteiger charge is -2.34. The van der Waals surface area contributed by atoms with Crippen LogP contribution in [-0.2, 0) is 4.74 Å². The predicted octanol–water partition coefficient (Wildman–Crippen LogP) is 3.22. The van der Waals surface area contributed by atoms with Gasteiger partial charge >= 0.3 is 0 Å². The van der Waals surface area contributed by atoms with Gasteiger partial charge in [0.15, 0.2) is 0 Å². The summed E-state index contributed by atoms with van der Waals surface area (Å²) in [7, 11) is 0. The Labute approximate surface area is 101 Å². The van der Waals surface area contributed by atoms with Crippen molar-refractivity contribution in [3.63, 3.8) is 0 Å². The van der Waals surface area contributed by atoms with Gasteiger partial charge in [0, 0.05) is 25.8 Å². The van der Waals surface area contributed by atoms with Gasteiger partial charge in [-0.05, 0) is 43.9 Å². The van der Waals surface area contributed by atoms with Crippen molar-refractivity contribution in [2.24, 2.45) is 11.3 Å². The molecule has 0 aromatic heterocycles. The Morgan fingerprint density at radius 3 is 2.31 bits per heavy atom. The average Bonchev–Trinajstić information content (AvgIpc) is 2.25. The molecule has 2 nitrogen and oxygen atoms in total. The predicted molar refractivity (Wildman–Crippen MR) is 69.7 cm³/mol. The van der Waals surface area contributed by atoms with Crippen molar-refractivity contribution in [2.45, 2.75) is 59.4 Å². The minimum Gasteiger partial charge on any atom is -0.381 e. The fraction of sp³-hybridized carbons (Fsp3) is 1.00. The Morgan fingerprint density at radius 2 is 1.75 bits per heavy atom. The van der Waals surface area contributed by atoms with Gasteiger partial charge in [-0.2, -0.15) is 0 Å². The van der Waals surface area contributed by atoms with Crippen molar-refractivity contribution in [3.05, 3.63) is 0 Å². The van der Waals surface area contributed by atoms with Gasteiger partial charge in [-0.25, -0.2) is 0 Å². The fourth-order valence-corrected chi connectivity index (χ4v) is 2.15. The SMILES string of the molecule is CC(C)CCC(C)NCC1(C)CCOCC1. The third-order valence-corrected chi connectivity index (χ3v) is 3.75. The molecule has 0 saturated carbocycles. The van der Waals surface area contributed by atoms with E-state index in [1.807, 2.05) is 0 Å². The standard InChI is InChI=1S/C14H29NO/c1-12(2)5-6-13(3)15-11-14(4)7-9-16-10-8-14/h12-13,15H,5-11H2,1-4H3. The molecule has 1 fully saturated rings. The number of nitrogens with one attached hydrogen (secondary N) is 1. The van der Waals surface area contributed by atoms with Gasteiger partial charge in [0.1, 0.15) is 0 Å². The normalized spacial score (nSPS) is 22.3. The van der Waals surface area contributed by atoms with Crippen LogP contribution in [0.2, 0.25) is 0 Å². The van der Waals surface area contributed by atoms with Gasteiger partial charge in [-0.15, -0.1) is 0 Å². The average molecular weight is 227 g/mol.